The molecule has 0 atom stereocenters. The molecule has 0 aromatic carbocycles. The number of aromatic nitrogens is 2. The van der Waals surface area contributed by atoms with E-state index in [4.69, 9.17) is 0 Å². The molecule has 5 nitrogen and oxygen atoms in total. The Balaban J connectivity index is 1.91. The summed E-state index contributed by atoms with van der Waals surface area (Å²) in [5, 5.41) is 1.06. The van der Waals surface area contributed by atoms with Crippen molar-refractivity contribution in [2.45, 2.75) is 44.6 Å². The topological polar surface area (TPSA) is 52.2 Å². The lowest BCUT2D eigenvalue weighted by molar-refractivity contribution is -0.118. The molecule has 4 rings (SSSR count). The maximum Gasteiger partial charge on any atom is 0.229 e. The van der Waals surface area contributed by atoms with Crippen LogP contribution in [0.2, 0.25) is 0 Å². The SMILES string of the molecule is CN1CCC(=O)N(C2CCCCC2)c2c1cnc1[nH]ccc21. The van der Waals surface area contributed by atoms with E-state index in [0.29, 0.717) is 12.5 Å². The van der Waals surface area contributed by atoms with E-state index < -0.39 is 0 Å². The van der Waals surface area contributed by atoms with Crippen molar-refractivity contribution in [2.75, 3.05) is 23.4 Å². The van der Waals surface area contributed by atoms with Gasteiger partial charge in [0.25, 0.3) is 0 Å². The third-order valence-electron chi connectivity index (χ3n) is 5.06. The average molecular weight is 298 g/mol. The predicted molar refractivity (Wildman–Crippen MR) is 88.3 cm³/mol. The number of fused-ring (bicyclic) bond motifs is 3. The zero-order valence-electron chi connectivity index (χ0n) is 13.0. The maximum absolute atomic E-state index is 12.9. The summed E-state index contributed by atoms with van der Waals surface area (Å²) >= 11 is 0. The molecule has 5 heteroatoms. The fourth-order valence-corrected chi connectivity index (χ4v) is 3.87. The first-order valence-corrected chi connectivity index (χ1v) is 8.25. The minimum Gasteiger partial charge on any atom is -0.371 e. The van der Waals surface area contributed by atoms with Crippen LogP contribution in [0.15, 0.2) is 18.5 Å². The van der Waals surface area contributed by atoms with Crippen LogP contribution in [-0.4, -0.2) is 35.5 Å². The Morgan fingerprint density at radius 2 is 2.09 bits per heavy atom. The number of pyridine rings is 1. The molecular formula is C17H22N4O. The van der Waals surface area contributed by atoms with Gasteiger partial charge in [-0.3, -0.25) is 4.79 Å². The molecule has 1 N–H and O–H groups in total. The molecule has 2 aromatic heterocycles. The van der Waals surface area contributed by atoms with E-state index in [-0.39, 0.29) is 5.91 Å². The molecule has 1 fully saturated rings. The molecule has 2 aliphatic rings. The zero-order chi connectivity index (χ0) is 15.1. The third-order valence-corrected chi connectivity index (χ3v) is 5.06. The molecule has 0 unspecified atom stereocenters. The lowest BCUT2D eigenvalue weighted by atomic mass is 9.93. The highest BCUT2D eigenvalue weighted by Crippen LogP contribution is 2.40. The van der Waals surface area contributed by atoms with Gasteiger partial charge in [-0.1, -0.05) is 19.3 Å². The van der Waals surface area contributed by atoms with Gasteiger partial charge in [-0.05, 0) is 18.9 Å². The molecule has 22 heavy (non-hydrogen) atoms. The number of anilines is 2. The number of carbonyl (C=O) groups excluding carboxylic acids is 1. The third kappa shape index (κ3) is 2.07. The van der Waals surface area contributed by atoms with Crippen LogP contribution >= 0.6 is 0 Å². The van der Waals surface area contributed by atoms with E-state index in [1.54, 1.807) is 0 Å². The minimum atomic E-state index is 0.256. The van der Waals surface area contributed by atoms with Crippen molar-refractivity contribution in [3.05, 3.63) is 18.5 Å². The Bertz CT molecular complexity index is 702. The normalized spacial score (nSPS) is 20.3. The van der Waals surface area contributed by atoms with E-state index in [9.17, 15) is 4.79 Å². The Kier molecular flexibility index (Phi) is 3.28. The van der Waals surface area contributed by atoms with Crippen LogP contribution in [0.3, 0.4) is 0 Å². The van der Waals surface area contributed by atoms with Crippen LogP contribution in [0, 0.1) is 0 Å². The van der Waals surface area contributed by atoms with Crippen LogP contribution in [0.25, 0.3) is 11.0 Å². The second-order valence-electron chi connectivity index (χ2n) is 6.46. The molecule has 1 saturated carbocycles. The molecule has 0 bridgehead atoms. The molecule has 0 spiro atoms. The lowest BCUT2D eigenvalue weighted by Gasteiger charge is -2.35. The monoisotopic (exact) mass is 298 g/mol. The van der Waals surface area contributed by atoms with Gasteiger partial charge in [0.15, 0.2) is 0 Å². The molecule has 2 aromatic rings. The Labute approximate surface area is 130 Å². The number of rotatable bonds is 1. The Morgan fingerprint density at radius 3 is 2.91 bits per heavy atom. The highest BCUT2D eigenvalue weighted by molar-refractivity contribution is 6.08. The molecule has 0 saturated heterocycles. The van der Waals surface area contributed by atoms with Crippen LogP contribution in [0.4, 0.5) is 11.4 Å². The van der Waals surface area contributed by atoms with Crippen LogP contribution in [-0.2, 0) is 4.79 Å². The van der Waals surface area contributed by atoms with Gasteiger partial charge in [0.1, 0.15) is 5.65 Å². The first kappa shape index (κ1) is 13.6. The summed E-state index contributed by atoms with van der Waals surface area (Å²) in [6, 6.07) is 2.38. The first-order chi connectivity index (χ1) is 10.8. The van der Waals surface area contributed by atoms with E-state index in [1.807, 2.05) is 18.5 Å². The largest absolute Gasteiger partial charge is 0.371 e. The molecule has 1 amide bonds. The fourth-order valence-electron chi connectivity index (χ4n) is 3.87. The van der Waals surface area contributed by atoms with Crippen molar-refractivity contribution < 1.29 is 4.79 Å². The second kappa shape index (κ2) is 5.30. The van der Waals surface area contributed by atoms with Crippen molar-refractivity contribution in [1.29, 1.82) is 0 Å². The number of amides is 1. The lowest BCUT2D eigenvalue weighted by Crippen LogP contribution is -2.41. The first-order valence-electron chi connectivity index (χ1n) is 8.25. The van der Waals surface area contributed by atoms with E-state index in [0.717, 1.165) is 41.8 Å². The fraction of sp³-hybridized carbons (Fsp3) is 0.529. The highest BCUT2D eigenvalue weighted by atomic mass is 16.2. The summed E-state index contributed by atoms with van der Waals surface area (Å²) in [7, 11) is 2.05. The quantitative estimate of drug-likeness (QED) is 0.880. The number of carbonyl (C=O) groups is 1. The maximum atomic E-state index is 12.9. The van der Waals surface area contributed by atoms with Crippen LogP contribution < -0.4 is 9.80 Å². The highest BCUT2D eigenvalue weighted by Gasteiger charge is 2.33. The summed E-state index contributed by atoms with van der Waals surface area (Å²) in [4.78, 5) is 24.8. The molecule has 0 radical (unpaired) electrons. The van der Waals surface area contributed by atoms with E-state index in [1.165, 1.54) is 19.3 Å². The summed E-state index contributed by atoms with van der Waals surface area (Å²) in [6.45, 7) is 0.757. The summed E-state index contributed by atoms with van der Waals surface area (Å²) in [5.74, 6) is 0.256. The Hall–Kier alpha value is -2.04. The van der Waals surface area contributed by atoms with Crippen molar-refractivity contribution in [3.8, 4) is 0 Å². The minimum absolute atomic E-state index is 0.256. The van der Waals surface area contributed by atoms with Gasteiger partial charge in [-0.2, -0.15) is 0 Å². The molecule has 3 heterocycles. The van der Waals surface area contributed by atoms with Gasteiger partial charge in [-0.25, -0.2) is 4.98 Å². The summed E-state index contributed by atoms with van der Waals surface area (Å²) in [5.41, 5.74) is 2.99. The number of aromatic amines is 1. The molecule has 116 valence electrons. The standard InChI is InChI=1S/C17H22N4O/c1-20-10-8-15(22)21(12-5-3-2-4-6-12)16-13-7-9-18-17(13)19-11-14(16)20/h7,9,11-12H,2-6,8,10H2,1H3,(H,18,19). The van der Waals surface area contributed by atoms with Gasteiger partial charge < -0.3 is 14.8 Å². The number of nitrogens with zero attached hydrogens (tertiary/aromatic N) is 3. The van der Waals surface area contributed by atoms with Gasteiger partial charge in [-0.15, -0.1) is 0 Å². The van der Waals surface area contributed by atoms with Crippen molar-refractivity contribution in [2.24, 2.45) is 0 Å². The van der Waals surface area contributed by atoms with Gasteiger partial charge >= 0.3 is 0 Å². The molecule has 1 aliphatic carbocycles. The predicted octanol–water partition coefficient (Wildman–Crippen LogP) is 3.07. The number of H-pyrrole nitrogens is 1. The molecular weight excluding hydrogens is 276 g/mol. The number of hydrogen-bond donors (Lipinski definition) is 1. The van der Waals surface area contributed by atoms with Crippen molar-refractivity contribution in [3.63, 3.8) is 0 Å². The van der Waals surface area contributed by atoms with Gasteiger partial charge in [0.2, 0.25) is 5.91 Å². The van der Waals surface area contributed by atoms with E-state index in [2.05, 4.69) is 26.8 Å². The molecule has 1 aliphatic heterocycles. The van der Waals surface area contributed by atoms with Crippen LogP contribution in [0.1, 0.15) is 38.5 Å². The zero-order valence-corrected chi connectivity index (χ0v) is 13.0. The second-order valence-corrected chi connectivity index (χ2v) is 6.46. The average Bonchev–Trinajstić information content (AvgIpc) is 2.98. The summed E-state index contributed by atoms with van der Waals surface area (Å²) < 4.78 is 0. The van der Waals surface area contributed by atoms with Crippen molar-refractivity contribution >= 4 is 28.3 Å². The number of hydrogen-bond acceptors (Lipinski definition) is 3. The number of nitrogens with one attached hydrogen (secondary N) is 1. The smallest absolute Gasteiger partial charge is 0.229 e. The van der Waals surface area contributed by atoms with Crippen LogP contribution in [0.5, 0.6) is 0 Å². The van der Waals surface area contributed by atoms with Crippen molar-refractivity contribution in [1.82, 2.24) is 9.97 Å². The Morgan fingerprint density at radius 1 is 1.27 bits per heavy atom. The van der Waals surface area contributed by atoms with Gasteiger partial charge in [0.05, 0.1) is 17.6 Å². The van der Waals surface area contributed by atoms with Gasteiger partial charge in [0, 0.05) is 37.6 Å². The van der Waals surface area contributed by atoms with E-state index >= 15 is 0 Å². The summed E-state index contributed by atoms with van der Waals surface area (Å²) in [6.07, 6.45) is 10.4.